The van der Waals surface area contributed by atoms with Crippen LogP contribution in [0, 0.1) is 0 Å². The van der Waals surface area contributed by atoms with Gasteiger partial charge in [-0.2, -0.15) is 0 Å². The van der Waals surface area contributed by atoms with Crippen LogP contribution in [0.15, 0.2) is 24.5 Å². The van der Waals surface area contributed by atoms with E-state index in [0.29, 0.717) is 0 Å². The van der Waals surface area contributed by atoms with Crippen LogP contribution in [0.3, 0.4) is 0 Å². The summed E-state index contributed by atoms with van der Waals surface area (Å²) in [6.07, 6.45) is 5.03. The van der Waals surface area contributed by atoms with Gasteiger partial charge >= 0.3 is 0 Å². The molecule has 0 aliphatic heterocycles. The number of pyridine rings is 1. The Morgan fingerprint density at radius 3 is 2.85 bits per heavy atom. The van der Waals surface area contributed by atoms with Crippen molar-refractivity contribution in [2.45, 2.75) is 26.8 Å². The number of hydrogen-bond donors (Lipinski definition) is 0. The van der Waals surface area contributed by atoms with Crippen molar-refractivity contribution in [1.29, 1.82) is 0 Å². The van der Waals surface area contributed by atoms with Crippen LogP contribution in [0.2, 0.25) is 0 Å². The van der Waals surface area contributed by atoms with Gasteiger partial charge in [-0.15, -0.1) is 0 Å². The number of nitrogens with zero attached hydrogens (tertiary/aromatic N) is 2. The SMILES string of the molecule is CCc1nccc2c1ccn2CC. The molecule has 2 nitrogen and oxygen atoms in total. The van der Waals surface area contributed by atoms with Gasteiger partial charge < -0.3 is 4.57 Å². The molecule has 2 heteroatoms. The number of rotatable bonds is 2. The van der Waals surface area contributed by atoms with Crippen molar-refractivity contribution in [3.8, 4) is 0 Å². The average Bonchev–Trinajstić information content (AvgIpc) is 2.60. The lowest BCUT2D eigenvalue weighted by atomic mass is 10.2. The molecular weight excluding hydrogens is 160 g/mol. The second-order valence-electron chi connectivity index (χ2n) is 3.15. The summed E-state index contributed by atoms with van der Waals surface area (Å²) in [5.41, 5.74) is 2.50. The monoisotopic (exact) mass is 174 g/mol. The third-order valence-corrected chi connectivity index (χ3v) is 2.46. The van der Waals surface area contributed by atoms with Crippen LogP contribution in [-0.4, -0.2) is 9.55 Å². The Bertz CT molecular complexity index is 415. The topological polar surface area (TPSA) is 17.8 Å². The number of aromatic nitrogens is 2. The van der Waals surface area contributed by atoms with Crippen LogP contribution in [0.5, 0.6) is 0 Å². The van der Waals surface area contributed by atoms with Crippen molar-refractivity contribution in [2.24, 2.45) is 0 Å². The summed E-state index contributed by atoms with van der Waals surface area (Å²) in [6.45, 7) is 5.33. The highest BCUT2D eigenvalue weighted by atomic mass is 14.9. The van der Waals surface area contributed by atoms with Crippen LogP contribution in [0.1, 0.15) is 19.5 Å². The summed E-state index contributed by atoms with van der Waals surface area (Å²) in [6, 6.07) is 4.24. The molecule has 0 aliphatic rings. The van der Waals surface area contributed by atoms with Crippen LogP contribution < -0.4 is 0 Å². The first-order valence-corrected chi connectivity index (χ1v) is 4.79. The van der Waals surface area contributed by atoms with Crippen molar-refractivity contribution in [2.75, 3.05) is 0 Å². The van der Waals surface area contributed by atoms with Gasteiger partial charge in [-0.1, -0.05) is 6.92 Å². The third kappa shape index (κ3) is 1.22. The summed E-state index contributed by atoms with van der Waals surface area (Å²) in [5.74, 6) is 0. The quantitative estimate of drug-likeness (QED) is 0.684. The van der Waals surface area contributed by atoms with Crippen LogP contribution in [0.4, 0.5) is 0 Å². The van der Waals surface area contributed by atoms with Gasteiger partial charge in [0, 0.05) is 30.0 Å². The van der Waals surface area contributed by atoms with Gasteiger partial charge in [0.1, 0.15) is 0 Å². The van der Waals surface area contributed by atoms with E-state index in [1.54, 1.807) is 0 Å². The Morgan fingerprint density at radius 1 is 1.31 bits per heavy atom. The van der Waals surface area contributed by atoms with E-state index in [1.807, 2.05) is 6.20 Å². The zero-order valence-corrected chi connectivity index (χ0v) is 8.12. The van der Waals surface area contributed by atoms with Crippen molar-refractivity contribution >= 4 is 10.9 Å². The van der Waals surface area contributed by atoms with E-state index in [-0.39, 0.29) is 0 Å². The maximum absolute atomic E-state index is 4.36. The van der Waals surface area contributed by atoms with Gasteiger partial charge in [0.25, 0.3) is 0 Å². The second-order valence-corrected chi connectivity index (χ2v) is 3.15. The Balaban J connectivity index is 2.72. The summed E-state index contributed by atoms with van der Waals surface area (Å²) < 4.78 is 2.25. The van der Waals surface area contributed by atoms with Crippen LogP contribution in [0.25, 0.3) is 10.9 Å². The minimum absolute atomic E-state index is 1.01. The molecule has 0 aliphatic carbocycles. The first-order chi connectivity index (χ1) is 6.36. The molecule has 68 valence electrons. The van der Waals surface area contributed by atoms with Crippen molar-refractivity contribution < 1.29 is 0 Å². The van der Waals surface area contributed by atoms with Crippen LogP contribution >= 0.6 is 0 Å². The van der Waals surface area contributed by atoms with E-state index < -0.39 is 0 Å². The Morgan fingerprint density at radius 2 is 2.15 bits per heavy atom. The van der Waals surface area contributed by atoms with Gasteiger partial charge in [-0.25, -0.2) is 0 Å². The molecule has 2 heterocycles. The molecule has 2 aromatic rings. The van der Waals surface area contributed by atoms with Crippen molar-refractivity contribution in [1.82, 2.24) is 9.55 Å². The minimum atomic E-state index is 1.01. The minimum Gasteiger partial charge on any atom is -0.348 e. The van der Waals surface area contributed by atoms with Gasteiger partial charge in [-0.3, -0.25) is 4.98 Å². The summed E-state index contributed by atoms with van der Waals surface area (Å²) >= 11 is 0. The Labute approximate surface area is 78.2 Å². The average molecular weight is 174 g/mol. The Kier molecular flexibility index (Phi) is 2.05. The molecule has 0 aromatic carbocycles. The molecule has 2 aromatic heterocycles. The molecule has 13 heavy (non-hydrogen) atoms. The smallest absolute Gasteiger partial charge is 0.0514 e. The van der Waals surface area contributed by atoms with E-state index >= 15 is 0 Å². The first kappa shape index (κ1) is 8.30. The van der Waals surface area contributed by atoms with Gasteiger partial charge in [-0.05, 0) is 25.5 Å². The fraction of sp³-hybridized carbons (Fsp3) is 0.364. The fourth-order valence-corrected chi connectivity index (χ4v) is 1.74. The molecule has 0 saturated carbocycles. The standard InChI is InChI=1S/C11H14N2/c1-3-10-9-6-8-13(4-2)11(9)5-7-12-10/h5-8H,3-4H2,1-2H3. The van der Waals surface area contributed by atoms with E-state index in [9.17, 15) is 0 Å². The Hall–Kier alpha value is -1.31. The van der Waals surface area contributed by atoms with Crippen molar-refractivity contribution in [3.05, 3.63) is 30.2 Å². The fourth-order valence-electron chi connectivity index (χ4n) is 1.74. The molecule has 0 atom stereocenters. The molecule has 0 unspecified atom stereocenters. The van der Waals surface area contributed by atoms with Gasteiger partial charge in [0.15, 0.2) is 0 Å². The maximum atomic E-state index is 4.36. The molecule has 2 rings (SSSR count). The maximum Gasteiger partial charge on any atom is 0.0514 e. The molecule has 0 amide bonds. The lowest BCUT2D eigenvalue weighted by Gasteiger charge is -2.01. The zero-order valence-electron chi connectivity index (χ0n) is 8.12. The van der Waals surface area contributed by atoms with E-state index in [2.05, 4.69) is 41.7 Å². The summed E-state index contributed by atoms with van der Waals surface area (Å²) in [4.78, 5) is 4.36. The summed E-state index contributed by atoms with van der Waals surface area (Å²) in [7, 11) is 0. The third-order valence-electron chi connectivity index (χ3n) is 2.46. The normalized spacial score (nSPS) is 10.9. The molecular formula is C11H14N2. The van der Waals surface area contributed by atoms with E-state index in [1.165, 1.54) is 16.6 Å². The molecule has 0 fully saturated rings. The molecule has 0 saturated heterocycles. The predicted molar refractivity (Wildman–Crippen MR) is 54.8 cm³/mol. The molecule has 0 N–H and O–H groups in total. The van der Waals surface area contributed by atoms with E-state index in [0.717, 1.165) is 13.0 Å². The zero-order chi connectivity index (χ0) is 9.26. The number of hydrogen-bond acceptors (Lipinski definition) is 1. The number of fused-ring (bicyclic) bond motifs is 1. The summed E-state index contributed by atoms with van der Waals surface area (Å²) in [5, 5.41) is 1.30. The van der Waals surface area contributed by atoms with Gasteiger partial charge in [0.2, 0.25) is 0 Å². The predicted octanol–water partition coefficient (Wildman–Crippen LogP) is 2.62. The highest BCUT2D eigenvalue weighted by Gasteiger charge is 2.03. The molecule has 0 radical (unpaired) electrons. The van der Waals surface area contributed by atoms with Crippen molar-refractivity contribution in [3.63, 3.8) is 0 Å². The highest BCUT2D eigenvalue weighted by molar-refractivity contribution is 5.82. The van der Waals surface area contributed by atoms with Crippen LogP contribution in [-0.2, 0) is 13.0 Å². The molecule has 0 spiro atoms. The first-order valence-electron chi connectivity index (χ1n) is 4.79. The largest absolute Gasteiger partial charge is 0.348 e. The van der Waals surface area contributed by atoms with Gasteiger partial charge in [0.05, 0.1) is 5.52 Å². The van der Waals surface area contributed by atoms with E-state index in [4.69, 9.17) is 0 Å². The highest BCUT2D eigenvalue weighted by Crippen LogP contribution is 2.18. The lowest BCUT2D eigenvalue weighted by molar-refractivity contribution is 0.797. The number of aryl methyl sites for hydroxylation is 2. The molecule has 0 bridgehead atoms. The second kappa shape index (κ2) is 3.21. The lowest BCUT2D eigenvalue weighted by Crippen LogP contribution is -1.92.